The topological polar surface area (TPSA) is 105 Å². The predicted octanol–water partition coefficient (Wildman–Crippen LogP) is 0.383. The van der Waals surface area contributed by atoms with Gasteiger partial charge in [0.2, 0.25) is 0 Å². The van der Waals surface area contributed by atoms with Gasteiger partial charge in [0.15, 0.2) is 5.79 Å². The van der Waals surface area contributed by atoms with Crippen molar-refractivity contribution in [3.8, 4) is 0 Å². The summed E-state index contributed by atoms with van der Waals surface area (Å²) in [5, 5.41) is 0. The van der Waals surface area contributed by atoms with Crippen molar-refractivity contribution in [1.82, 2.24) is 0 Å². The molecule has 1 saturated carbocycles. The number of hydrogen-bond acceptors (Lipinski definition) is 8. The van der Waals surface area contributed by atoms with E-state index in [1.807, 2.05) is 0 Å². The van der Waals surface area contributed by atoms with Gasteiger partial charge in [0.05, 0.1) is 25.7 Å². The molecule has 0 radical (unpaired) electrons. The fourth-order valence-corrected chi connectivity index (χ4v) is 3.48. The lowest BCUT2D eigenvalue weighted by Gasteiger charge is -2.31. The van der Waals surface area contributed by atoms with Crippen molar-refractivity contribution < 1.29 is 34.7 Å². The van der Waals surface area contributed by atoms with E-state index >= 15 is 0 Å². The molecule has 8 nitrogen and oxygen atoms in total. The highest BCUT2D eigenvalue weighted by molar-refractivity contribution is 7.86. The van der Waals surface area contributed by atoms with Crippen LogP contribution in [0.5, 0.6) is 0 Å². The SMILES string of the molecule is CS(=O)(=O)OC[C@H]1OC2(CCCCC2)O[C@@H]1COS(C)(=O)=O. The zero-order valence-corrected chi connectivity index (χ0v) is 14.3. The van der Waals surface area contributed by atoms with Gasteiger partial charge in [-0.2, -0.15) is 16.8 Å². The molecular weight excluding hydrogens is 336 g/mol. The Kier molecular flexibility index (Phi) is 5.50. The molecule has 1 saturated heterocycles. The average Bonchev–Trinajstić information content (AvgIpc) is 2.71. The first-order valence-electron chi connectivity index (χ1n) is 7.13. The van der Waals surface area contributed by atoms with Gasteiger partial charge in [0.1, 0.15) is 12.2 Å². The molecule has 2 aliphatic rings. The molecular formula is C12H22O8S2. The Morgan fingerprint density at radius 3 is 1.64 bits per heavy atom. The molecule has 2 rings (SSSR count). The van der Waals surface area contributed by atoms with Crippen molar-refractivity contribution in [3.05, 3.63) is 0 Å². The maximum Gasteiger partial charge on any atom is 0.264 e. The molecule has 0 amide bonds. The minimum atomic E-state index is -3.62. The third-order valence-corrected chi connectivity index (χ3v) is 4.78. The number of hydrogen-bond donors (Lipinski definition) is 0. The first-order valence-corrected chi connectivity index (χ1v) is 10.8. The maximum absolute atomic E-state index is 11.1. The largest absolute Gasteiger partial charge is 0.341 e. The van der Waals surface area contributed by atoms with Crippen molar-refractivity contribution in [2.45, 2.75) is 50.1 Å². The van der Waals surface area contributed by atoms with Gasteiger partial charge in [0, 0.05) is 12.8 Å². The van der Waals surface area contributed by atoms with Crippen molar-refractivity contribution >= 4 is 20.2 Å². The Balaban J connectivity index is 2.04. The van der Waals surface area contributed by atoms with Crippen LogP contribution in [0, 0.1) is 0 Å². The van der Waals surface area contributed by atoms with Gasteiger partial charge in [-0.1, -0.05) is 6.42 Å². The van der Waals surface area contributed by atoms with Crippen molar-refractivity contribution in [1.29, 1.82) is 0 Å². The normalized spacial score (nSPS) is 29.0. The Hall–Kier alpha value is -0.260. The molecule has 1 aliphatic heterocycles. The molecule has 1 aliphatic carbocycles. The lowest BCUT2D eigenvalue weighted by molar-refractivity contribution is -0.196. The maximum atomic E-state index is 11.1. The first-order chi connectivity index (χ1) is 10.1. The average molecular weight is 358 g/mol. The lowest BCUT2D eigenvalue weighted by atomic mass is 9.94. The minimum Gasteiger partial charge on any atom is -0.341 e. The van der Waals surface area contributed by atoms with Crippen LogP contribution in [0.3, 0.4) is 0 Å². The van der Waals surface area contributed by atoms with E-state index in [9.17, 15) is 16.8 Å². The van der Waals surface area contributed by atoms with Crippen LogP contribution in [-0.2, 0) is 38.1 Å². The van der Waals surface area contributed by atoms with E-state index in [1.54, 1.807) is 0 Å². The Bertz CT molecular complexity index is 530. The summed E-state index contributed by atoms with van der Waals surface area (Å²) in [6.45, 7) is -0.448. The zero-order chi connectivity index (χ0) is 16.4. The molecule has 2 atom stereocenters. The standard InChI is InChI=1S/C12H22O8S2/c1-21(13,14)17-8-10-11(9-18-22(2,15)16)20-12(19-10)6-4-3-5-7-12/h10-11H,3-9H2,1-2H3/t10-,11-/m1/s1. The molecule has 0 aromatic carbocycles. The van der Waals surface area contributed by atoms with Gasteiger partial charge in [-0.15, -0.1) is 0 Å². The van der Waals surface area contributed by atoms with Crippen molar-refractivity contribution in [3.63, 3.8) is 0 Å². The second-order valence-electron chi connectivity index (χ2n) is 5.76. The fourth-order valence-electron chi connectivity index (χ4n) is 2.72. The highest BCUT2D eigenvalue weighted by Crippen LogP contribution is 2.40. The van der Waals surface area contributed by atoms with E-state index in [4.69, 9.17) is 17.8 Å². The predicted molar refractivity (Wildman–Crippen MR) is 77.2 cm³/mol. The lowest BCUT2D eigenvalue weighted by Crippen LogP contribution is -2.34. The van der Waals surface area contributed by atoms with E-state index in [2.05, 4.69) is 0 Å². The molecule has 1 spiro atoms. The summed E-state index contributed by atoms with van der Waals surface area (Å²) >= 11 is 0. The van der Waals surface area contributed by atoms with Gasteiger partial charge >= 0.3 is 0 Å². The van der Waals surface area contributed by atoms with Crippen LogP contribution >= 0.6 is 0 Å². The van der Waals surface area contributed by atoms with Gasteiger partial charge in [-0.3, -0.25) is 8.37 Å². The van der Waals surface area contributed by atoms with E-state index in [1.165, 1.54) is 0 Å². The Morgan fingerprint density at radius 1 is 0.864 bits per heavy atom. The van der Waals surface area contributed by atoms with Crippen LogP contribution in [0.2, 0.25) is 0 Å². The molecule has 0 aromatic heterocycles. The molecule has 0 bridgehead atoms. The van der Waals surface area contributed by atoms with Crippen LogP contribution < -0.4 is 0 Å². The minimum absolute atomic E-state index is 0.224. The van der Waals surface area contributed by atoms with Crippen LogP contribution in [-0.4, -0.2) is 60.6 Å². The van der Waals surface area contributed by atoms with Gasteiger partial charge < -0.3 is 9.47 Å². The smallest absolute Gasteiger partial charge is 0.264 e. The summed E-state index contributed by atoms with van der Waals surface area (Å²) in [6.07, 6.45) is 4.88. The first kappa shape index (κ1) is 18.1. The second kappa shape index (κ2) is 6.70. The molecule has 2 fully saturated rings. The summed E-state index contributed by atoms with van der Waals surface area (Å²) in [6, 6.07) is 0. The summed E-state index contributed by atoms with van der Waals surface area (Å²) in [7, 11) is -7.23. The monoisotopic (exact) mass is 358 g/mol. The van der Waals surface area contributed by atoms with E-state index in [0.29, 0.717) is 12.8 Å². The van der Waals surface area contributed by atoms with Crippen LogP contribution in [0.4, 0.5) is 0 Å². The van der Waals surface area contributed by atoms with Crippen molar-refractivity contribution in [2.24, 2.45) is 0 Å². The second-order valence-corrected chi connectivity index (χ2v) is 9.05. The fraction of sp³-hybridized carbons (Fsp3) is 1.00. The van der Waals surface area contributed by atoms with Gasteiger partial charge in [-0.25, -0.2) is 0 Å². The third kappa shape index (κ3) is 5.43. The summed E-state index contributed by atoms with van der Waals surface area (Å²) < 4.78 is 65.8. The van der Waals surface area contributed by atoms with Crippen LogP contribution in [0.15, 0.2) is 0 Å². The summed E-state index contributed by atoms with van der Waals surface area (Å²) in [4.78, 5) is 0. The van der Waals surface area contributed by atoms with E-state index in [-0.39, 0.29) is 13.2 Å². The molecule has 0 aromatic rings. The van der Waals surface area contributed by atoms with Crippen LogP contribution in [0.25, 0.3) is 0 Å². The highest BCUT2D eigenvalue weighted by Gasteiger charge is 2.48. The quantitative estimate of drug-likeness (QED) is 0.628. The number of ether oxygens (including phenoxy) is 2. The highest BCUT2D eigenvalue weighted by atomic mass is 32.2. The summed E-state index contributed by atoms with van der Waals surface area (Å²) in [5.41, 5.74) is 0. The summed E-state index contributed by atoms with van der Waals surface area (Å²) in [5.74, 6) is -0.782. The molecule has 0 N–H and O–H groups in total. The van der Waals surface area contributed by atoms with Gasteiger partial charge in [-0.05, 0) is 12.8 Å². The van der Waals surface area contributed by atoms with E-state index in [0.717, 1.165) is 31.8 Å². The van der Waals surface area contributed by atoms with E-state index < -0.39 is 38.2 Å². The zero-order valence-electron chi connectivity index (χ0n) is 12.7. The Morgan fingerprint density at radius 2 is 1.27 bits per heavy atom. The van der Waals surface area contributed by atoms with Crippen molar-refractivity contribution in [2.75, 3.05) is 25.7 Å². The third-order valence-electron chi connectivity index (χ3n) is 3.66. The number of rotatable bonds is 6. The Labute approximate surface area is 131 Å². The molecule has 1 heterocycles. The molecule has 22 heavy (non-hydrogen) atoms. The van der Waals surface area contributed by atoms with Gasteiger partial charge in [0.25, 0.3) is 20.2 Å². The molecule has 130 valence electrons. The molecule has 0 unspecified atom stereocenters. The van der Waals surface area contributed by atoms with Crippen LogP contribution in [0.1, 0.15) is 32.1 Å². The molecule has 10 heteroatoms.